The molecule has 1 aromatic heterocycles. The van der Waals surface area contributed by atoms with Crippen LogP contribution in [0.1, 0.15) is 5.56 Å². The minimum Gasteiger partial charge on any atom is -0.439 e. The quantitative estimate of drug-likeness (QED) is 0.223. The highest BCUT2D eigenvalue weighted by molar-refractivity contribution is 8.27. The highest BCUT2D eigenvalue weighted by Gasteiger charge is 2.34. The number of ether oxygens (including phenoxy) is 1. The number of aromatic nitrogens is 1. The highest BCUT2D eigenvalue weighted by Crippen LogP contribution is 2.37. The van der Waals surface area contributed by atoms with E-state index < -0.39 is 16.6 Å². The molecule has 1 aliphatic heterocycles. The number of hydrogen-bond donors (Lipinski definition) is 0. The second kappa shape index (κ2) is 8.62. The summed E-state index contributed by atoms with van der Waals surface area (Å²) >= 11 is 6.36. The van der Waals surface area contributed by atoms with Crippen LogP contribution in [0.4, 0.5) is 15.8 Å². The Morgan fingerprint density at radius 1 is 1.13 bits per heavy atom. The molecule has 0 atom stereocenters. The van der Waals surface area contributed by atoms with Gasteiger partial charge in [-0.05, 0) is 35.9 Å². The average Bonchev–Trinajstić information content (AvgIpc) is 3.03. The summed E-state index contributed by atoms with van der Waals surface area (Å²) in [6.07, 6.45) is 2.77. The summed E-state index contributed by atoms with van der Waals surface area (Å²) in [5.41, 5.74) is 0.709. The van der Waals surface area contributed by atoms with E-state index in [0.29, 0.717) is 10.7 Å². The fourth-order valence-electron chi connectivity index (χ4n) is 2.75. The van der Waals surface area contributed by atoms with Crippen LogP contribution in [-0.2, 0) is 4.79 Å². The lowest BCUT2D eigenvalue weighted by Gasteiger charge is -2.14. The Morgan fingerprint density at radius 3 is 2.52 bits per heavy atom. The van der Waals surface area contributed by atoms with E-state index in [1.807, 2.05) is 0 Å². The van der Waals surface area contributed by atoms with Crippen molar-refractivity contribution in [2.45, 2.75) is 0 Å². The Hall–Kier alpha value is -3.63. The van der Waals surface area contributed by atoms with Gasteiger partial charge in [-0.25, -0.2) is 9.37 Å². The number of carbonyl (C=O) groups excluding carboxylic acids is 1. The molecule has 3 aromatic rings. The molecule has 31 heavy (non-hydrogen) atoms. The topological polar surface area (TPSA) is 85.6 Å². The fourth-order valence-corrected chi connectivity index (χ4v) is 4.04. The summed E-state index contributed by atoms with van der Waals surface area (Å²) in [5.74, 6) is -0.238. The van der Waals surface area contributed by atoms with E-state index in [2.05, 4.69) is 4.98 Å². The third kappa shape index (κ3) is 4.44. The van der Waals surface area contributed by atoms with Crippen LogP contribution in [0.25, 0.3) is 6.08 Å². The van der Waals surface area contributed by atoms with Gasteiger partial charge in [0.15, 0.2) is 4.32 Å². The number of anilines is 1. The van der Waals surface area contributed by atoms with Crippen LogP contribution in [0, 0.1) is 15.9 Å². The van der Waals surface area contributed by atoms with Crippen molar-refractivity contribution < 1.29 is 18.8 Å². The predicted molar refractivity (Wildman–Crippen MR) is 119 cm³/mol. The first kappa shape index (κ1) is 20.6. The summed E-state index contributed by atoms with van der Waals surface area (Å²) < 4.78 is 19.9. The van der Waals surface area contributed by atoms with Crippen molar-refractivity contribution in [2.75, 3.05) is 4.90 Å². The minimum atomic E-state index is -0.541. The van der Waals surface area contributed by atoms with E-state index in [9.17, 15) is 19.3 Å². The second-order valence-electron chi connectivity index (χ2n) is 6.25. The lowest BCUT2D eigenvalue weighted by molar-refractivity contribution is -0.385. The Balaban J connectivity index is 1.49. The molecule has 0 unspecified atom stereocenters. The first-order chi connectivity index (χ1) is 14.9. The third-order valence-corrected chi connectivity index (χ3v) is 5.52. The van der Waals surface area contributed by atoms with Crippen LogP contribution in [0.5, 0.6) is 11.6 Å². The van der Waals surface area contributed by atoms with E-state index >= 15 is 0 Å². The largest absolute Gasteiger partial charge is 0.439 e. The number of nitro groups is 1. The maximum Gasteiger partial charge on any atom is 0.287 e. The minimum absolute atomic E-state index is 0.118. The zero-order chi connectivity index (χ0) is 22.0. The number of thiocarbonyl (C=S) groups is 1. The molecule has 0 aliphatic carbocycles. The number of rotatable bonds is 5. The van der Waals surface area contributed by atoms with Gasteiger partial charge in [0.1, 0.15) is 17.8 Å². The molecule has 10 heteroatoms. The number of hydrogen-bond acceptors (Lipinski definition) is 7. The number of carbonyl (C=O) groups is 1. The number of halogens is 1. The molecule has 2 aromatic carbocycles. The number of benzene rings is 2. The molecule has 1 amide bonds. The molecule has 1 fully saturated rings. The zero-order valence-electron chi connectivity index (χ0n) is 15.6. The van der Waals surface area contributed by atoms with Gasteiger partial charge >= 0.3 is 0 Å². The Kier molecular flexibility index (Phi) is 5.74. The average molecular weight is 453 g/mol. The SMILES string of the molecule is O=C1/C(=C\c2ccc(Oc3ccc([N+](=O)[O-])cn3)cc2)SC(=S)N1c1ccccc1F. The van der Waals surface area contributed by atoms with Crippen LogP contribution in [0.3, 0.4) is 0 Å². The first-order valence-electron chi connectivity index (χ1n) is 8.83. The summed E-state index contributed by atoms with van der Waals surface area (Å²) in [6, 6.07) is 15.5. The van der Waals surface area contributed by atoms with Gasteiger partial charge in [0.25, 0.3) is 11.6 Å². The second-order valence-corrected chi connectivity index (χ2v) is 7.93. The van der Waals surface area contributed by atoms with Crippen LogP contribution >= 0.6 is 24.0 Å². The standard InChI is InChI=1S/C21H12FN3O4S2/c22-16-3-1-2-4-17(16)24-20(26)18(31-21(24)30)11-13-5-8-15(9-6-13)29-19-10-7-14(12-23-19)25(27)28/h1-12H/b18-11+. The molecule has 0 saturated carbocycles. The van der Waals surface area contributed by atoms with Crippen LogP contribution in [0.15, 0.2) is 71.8 Å². The summed E-state index contributed by atoms with van der Waals surface area (Å²) in [7, 11) is 0. The first-order valence-corrected chi connectivity index (χ1v) is 10.1. The third-order valence-electron chi connectivity index (χ3n) is 4.22. The van der Waals surface area contributed by atoms with Crippen molar-refractivity contribution in [3.05, 3.63) is 93.3 Å². The van der Waals surface area contributed by atoms with E-state index in [4.69, 9.17) is 17.0 Å². The Bertz CT molecular complexity index is 1210. The summed E-state index contributed by atoms with van der Waals surface area (Å²) in [6.45, 7) is 0. The smallest absolute Gasteiger partial charge is 0.287 e. The highest BCUT2D eigenvalue weighted by atomic mass is 32.2. The van der Waals surface area contributed by atoms with Crippen molar-refractivity contribution in [3.8, 4) is 11.6 Å². The number of nitrogens with zero attached hydrogens (tertiary/aromatic N) is 3. The maximum absolute atomic E-state index is 14.1. The molecule has 2 heterocycles. The number of pyridine rings is 1. The molecule has 0 N–H and O–H groups in total. The van der Waals surface area contributed by atoms with Gasteiger partial charge in [0.2, 0.25) is 5.88 Å². The number of thioether (sulfide) groups is 1. The van der Waals surface area contributed by atoms with Gasteiger partial charge < -0.3 is 4.74 Å². The van der Waals surface area contributed by atoms with Crippen molar-refractivity contribution in [1.82, 2.24) is 4.98 Å². The molecule has 7 nitrogen and oxygen atoms in total. The van der Waals surface area contributed by atoms with E-state index in [-0.39, 0.29) is 21.6 Å². The van der Waals surface area contributed by atoms with Gasteiger partial charge in [-0.3, -0.25) is 19.8 Å². The fraction of sp³-hybridized carbons (Fsp3) is 0. The molecular formula is C21H12FN3O4S2. The maximum atomic E-state index is 14.1. The van der Waals surface area contributed by atoms with Gasteiger partial charge in [0.05, 0.1) is 15.5 Å². The monoisotopic (exact) mass is 453 g/mol. The Labute approximate surface area is 185 Å². The number of amides is 1. The molecule has 0 bridgehead atoms. The van der Waals surface area contributed by atoms with Gasteiger partial charge in [-0.2, -0.15) is 0 Å². The van der Waals surface area contributed by atoms with Crippen LogP contribution in [-0.4, -0.2) is 20.1 Å². The molecule has 0 radical (unpaired) electrons. The Morgan fingerprint density at radius 2 is 1.87 bits per heavy atom. The van der Waals surface area contributed by atoms with Crippen LogP contribution in [0.2, 0.25) is 0 Å². The summed E-state index contributed by atoms with van der Waals surface area (Å²) in [4.78, 5) is 28.3. The predicted octanol–water partition coefficient (Wildman–Crippen LogP) is 5.33. The van der Waals surface area contributed by atoms with Gasteiger partial charge in [-0.15, -0.1) is 0 Å². The molecule has 0 spiro atoms. The molecule has 1 saturated heterocycles. The van der Waals surface area contributed by atoms with E-state index in [0.717, 1.165) is 23.5 Å². The lowest BCUT2D eigenvalue weighted by atomic mass is 10.2. The molecule has 4 rings (SSSR count). The molecule has 1 aliphatic rings. The van der Waals surface area contributed by atoms with Crippen molar-refractivity contribution in [3.63, 3.8) is 0 Å². The zero-order valence-corrected chi connectivity index (χ0v) is 17.2. The van der Waals surface area contributed by atoms with E-state index in [1.165, 1.54) is 29.2 Å². The molecule has 154 valence electrons. The van der Waals surface area contributed by atoms with Gasteiger partial charge in [-0.1, -0.05) is 48.2 Å². The lowest BCUT2D eigenvalue weighted by Crippen LogP contribution is -2.28. The van der Waals surface area contributed by atoms with Crippen molar-refractivity contribution in [2.24, 2.45) is 0 Å². The van der Waals surface area contributed by atoms with Crippen LogP contribution < -0.4 is 9.64 Å². The summed E-state index contributed by atoms with van der Waals surface area (Å²) in [5, 5.41) is 10.7. The molecular weight excluding hydrogens is 441 g/mol. The van der Waals surface area contributed by atoms with Gasteiger partial charge in [0, 0.05) is 12.1 Å². The normalized spacial score (nSPS) is 14.9. The van der Waals surface area contributed by atoms with Crippen molar-refractivity contribution in [1.29, 1.82) is 0 Å². The van der Waals surface area contributed by atoms with Crippen molar-refractivity contribution >= 4 is 51.7 Å². The number of para-hydroxylation sites is 1. The van der Waals surface area contributed by atoms with E-state index in [1.54, 1.807) is 42.5 Å².